The fourth-order valence-electron chi connectivity index (χ4n) is 3.08. The highest BCUT2D eigenvalue weighted by Crippen LogP contribution is 2.29. The van der Waals surface area contributed by atoms with Crippen LogP contribution < -0.4 is 0 Å². The zero-order valence-electron chi connectivity index (χ0n) is 14.4. The van der Waals surface area contributed by atoms with Crippen molar-refractivity contribution in [1.29, 1.82) is 0 Å². The first-order chi connectivity index (χ1) is 11.5. The standard InChI is InChI=1S/C17H26N4O3/c1-4-14(22)20(5-2)12-15(23)21-9-6-13(7-10-21)16(24)17-18-8-11-19(17)3/h4,8,11,13,16,24H,1,5-7,9-10,12H2,2-3H3. The maximum Gasteiger partial charge on any atom is 0.246 e. The number of aliphatic hydroxyl groups excluding tert-OH is 1. The van der Waals surface area contributed by atoms with Gasteiger partial charge in [0, 0.05) is 39.1 Å². The zero-order chi connectivity index (χ0) is 17.7. The predicted octanol–water partition coefficient (Wildman–Crippen LogP) is 0.727. The summed E-state index contributed by atoms with van der Waals surface area (Å²) < 4.78 is 1.82. The lowest BCUT2D eigenvalue weighted by molar-refractivity contribution is -0.139. The molecule has 1 saturated heterocycles. The van der Waals surface area contributed by atoms with E-state index in [4.69, 9.17) is 0 Å². The molecule has 1 aliphatic rings. The van der Waals surface area contributed by atoms with Crippen LogP contribution in [0.1, 0.15) is 31.7 Å². The van der Waals surface area contributed by atoms with E-state index in [-0.39, 0.29) is 24.3 Å². The average molecular weight is 334 g/mol. The molecule has 2 heterocycles. The number of hydrogen-bond donors (Lipinski definition) is 1. The van der Waals surface area contributed by atoms with Gasteiger partial charge >= 0.3 is 0 Å². The number of amides is 2. The number of aliphatic hydroxyl groups is 1. The summed E-state index contributed by atoms with van der Waals surface area (Å²) in [5, 5.41) is 10.5. The van der Waals surface area contributed by atoms with Crippen LogP contribution in [0.15, 0.2) is 25.0 Å². The summed E-state index contributed by atoms with van der Waals surface area (Å²) in [6.45, 7) is 7.03. The Kier molecular flexibility index (Phi) is 6.14. The largest absolute Gasteiger partial charge is 0.385 e. The van der Waals surface area contributed by atoms with E-state index in [1.54, 1.807) is 11.1 Å². The summed E-state index contributed by atoms with van der Waals surface area (Å²) in [6, 6.07) is 0. The highest BCUT2D eigenvalue weighted by Gasteiger charge is 2.30. The Morgan fingerprint density at radius 2 is 2.17 bits per heavy atom. The Labute approximate surface area is 142 Å². The van der Waals surface area contributed by atoms with Gasteiger partial charge in [0.2, 0.25) is 11.8 Å². The van der Waals surface area contributed by atoms with Gasteiger partial charge in [-0.05, 0) is 31.8 Å². The summed E-state index contributed by atoms with van der Waals surface area (Å²) in [5.74, 6) is 0.462. The molecular weight excluding hydrogens is 308 g/mol. The third-order valence-electron chi connectivity index (χ3n) is 4.66. The topological polar surface area (TPSA) is 78.7 Å². The molecule has 1 fully saturated rings. The van der Waals surface area contributed by atoms with Crippen molar-refractivity contribution in [3.63, 3.8) is 0 Å². The first-order valence-corrected chi connectivity index (χ1v) is 8.32. The molecule has 1 atom stereocenters. The molecule has 7 nitrogen and oxygen atoms in total. The first kappa shape index (κ1) is 18.2. The summed E-state index contributed by atoms with van der Waals surface area (Å²) >= 11 is 0. The zero-order valence-corrected chi connectivity index (χ0v) is 14.4. The van der Waals surface area contributed by atoms with Gasteiger partial charge in [0.1, 0.15) is 11.9 Å². The van der Waals surface area contributed by atoms with Gasteiger partial charge in [-0.1, -0.05) is 6.58 Å². The molecule has 2 amide bonds. The molecule has 1 aliphatic heterocycles. The number of hydrogen-bond acceptors (Lipinski definition) is 4. The predicted molar refractivity (Wildman–Crippen MR) is 89.9 cm³/mol. The van der Waals surface area contributed by atoms with Crippen molar-refractivity contribution in [1.82, 2.24) is 19.4 Å². The van der Waals surface area contributed by atoms with E-state index in [0.29, 0.717) is 25.5 Å². The van der Waals surface area contributed by atoms with Gasteiger partial charge in [-0.3, -0.25) is 9.59 Å². The van der Waals surface area contributed by atoms with E-state index in [2.05, 4.69) is 11.6 Å². The number of rotatable bonds is 6. The smallest absolute Gasteiger partial charge is 0.246 e. The van der Waals surface area contributed by atoms with Crippen molar-refractivity contribution in [2.75, 3.05) is 26.2 Å². The van der Waals surface area contributed by atoms with Gasteiger partial charge in [-0.15, -0.1) is 0 Å². The highest BCUT2D eigenvalue weighted by atomic mass is 16.3. The summed E-state index contributed by atoms with van der Waals surface area (Å²) in [6.07, 6.45) is 5.55. The van der Waals surface area contributed by atoms with E-state index in [0.717, 1.165) is 12.8 Å². The molecule has 7 heteroatoms. The van der Waals surface area contributed by atoms with Gasteiger partial charge < -0.3 is 19.5 Å². The molecule has 132 valence electrons. The molecule has 1 aromatic rings. The van der Waals surface area contributed by atoms with E-state index in [1.165, 1.54) is 11.0 Å². The van der Waals surface area contributed by atoms with Crippen LogP contribution in [-0.4, -0.2) is 62.5 Å². The second-order valence-electron chi connectivity index (χ2n) is 6.12. The van der Waals surface area contributed by atoms with Crippen LogP contribution in [-0.2, 0) is 16.6 Å². The van der Waals surface area contributed by atoms with Gasteiger partial charge in [-0.25, -0.2) is 4.98 Å². The van der Waals surface area contributed by atoms with Crippen molar-refractivity contribution in [3.8, 4) is 0 Å². The molecule has 24 heavy (non-hydrogen) atoms. The van der Waals surface area contributed by atoms with Crippen molar-refractivity contribution in [2.45, 2.75) is 25.9 Å². The van der Waals surface area contributed by atoms with Gasteiger partial charge in [0.05, 0.1) is 6.54 Å². The van der Waals surface area contributed by atoms with Gasteiger partial charge in [0.25, 0.3) is 0 Å². The Hall–Kier alpha value is -2.15. The fourth-order valence-corrected chi connectivity index (χ4v) is 3.08. The fraction of sp³-hybridized carbons (Fsp3) is 0.588. The van der Waals surface area contributed by atoms with Crippen LogP contribution in [0.3, 0.4) is 0 Å². The Balaban J connectivity index is 1.88. The van der Waals surface area contributed by atoms with Crippen LogP contribution in [0, 0.1) is 5.92 Å². The number of likely N-dealkylation sites (N-methyl/N-ethyl adjacent to an activating group) is 1. The lowest BCUT2D eigenvalue weighted by Crippen LogP contribution is -2.46. The Morgan fingerprint density at radius 3 is 2.67 bits per heavy atom. The van der Waals surface area contributed by atoms with Gasteiger partial charge in [-0.2, -0.15) is 0 Å². The second-order valence-corrected chi connectivity index (χ2v) is 6.12. The summed E-state index contributed by atoms with van der Waals surface area (Å²) in [5.41, 5.74) is 0. The van der Waals surface area contributed by atoms with Crippen molar-refractivity contribution in [3.05, 3.63) is 30.9 Å². The number of likely N-dealkylation sites (tertiary alicyclic amines) is 1. The molecule has 1 unspecified atom stereocenters. The minimum atomic E-state index is -0.614. The second kappa shape index (κ2) is 8.10. The van der Waals surface area contributed by atoms with Crippen LogP contribution in [0.5, 0.6) is 0 Å². The van der Waals surface area contributed by atoms with E-state index in [9.17, 15) is 14.7 Å². The van der Waals surface area contributed by atoms with Crippen molar-refractivity contribution in [2.24, 2.45) is 13.0 Å². The van der Waals surface area contributed by atoms with E-state index >= 15 is 0 Å². The molecule has 0 saturated carbocycles. The highest BCUT2D eigenvalue weighted by molar-refractivity contribution is 5.90. The number of piperidine rings is 1. The third-order valence-corrected chi connectivity index (χ3v) is 4.66. The molecular formula is C17H26N4O3. The average Bonchev–Trinajstić information content (AvgIpc) is 3.04. The molecule has 0 aromatic carbocycles. The number of nitrogens with zero attached hydrogens (tertiary/aromatic N) is 4. The SMILES string of the molecule is C=CC(=O)N(CC)CC(=O)N1CCC(C(O)c2nccn2C)CC1. The summed E-state index contributed by atoms with van der Waals surface area (Å²) in [4.78, 5) is 31.5. The maximum absolute atomic E-state index is 12.4. The van der Waals surface area contributed by atoms with Crippen LogP contribution in [0.4, 0.5) is 0 Å². The van der Waals surface area contributed by atoms with Crippen molar-refractivity contribution < 1.29 is 14.7 Å². The van der Waals surface area contributed by atoms with E-state index in [1.807, 2.05) is 24.7 Å². The Morgan fingerprint density at radius 1 is 1.50 bits per heavy atom. The van der Waals surface area contributed by atoms with Crippen LogP contribution >= 0.6 is 0 Å². The quantitative estimate of drug-likeness (QED) is 0.778. The summed E-state index contributed by atoms with van der Waals surface area (Å²) in [7, 11) is 1.86. The molecule has 2 rings (SSSR count). The van der Waals surface area contributed by atoms with Crippen LogP contribution in [0.2, 0.25) is 0 Å². The molecule has 0 radical (unpaired) electrons. The minimum absolute atomic E-state index is 0.0584. The maximum atomic E-state index is 12.4. The van der Waals surface area contributed by atoms with Gasteiger partial charge in [0.15, 0.2) is 0 Å². The Bertz CT molecular complexity index is 590. The lowest BCUT2D eigenvalue weighted by atomic mass is 9.90. The monoisotopic (exact) mass is 334 g/mol. The molecule has 0 aliphatic carbocycles. The molecule has 0 spiro atoms. The molecule has 0 bridgehead atoms. The third kappa shape index (κ3) is 4.03. The normalized spacial score (nSPS) is 16.7. The molecule has 1 N–H and O–H groups in total. The van der Waals surface area contributed by atoms with Crippen molar-refractivity contribution >= 4 is 11.8 Å². The minimum Gasteiger partial charge on any atom is -0.385 e. The lowest BCUT2D eigenvalue weighted by Gasteiger charge is -2.35. The van der Waals surface area contributed by atoms with E-state index < -0.39 is 6.10 Å². The number of imidazole rings is 1. The number of carbonyl (C=O) groups is 2. The number of aromatic nitrogens is 2. The number of carbonyl (C=O) groups excluding carboxylic acids is 2. The number of aryl methyl sites for hydroxylation is 1. The van der Waals surface area contributed by atoms with Crippen LogP contribution in [0.25, 0.3) is 0 Å². The molecule has 1 aromatic heterocycles. The first-order valence-electron chi connectivity index (χ1n) is 8.32.